The Morgan fingerprint density at radius 3 is 2.96 bits per heavy atom. The monoisotopic (exact) mass is 309 g/mol. The van der Waals surface area contributed by atoms with Gasteiger partial charge in [-0.1, -0.05) is 41.9 Å². The number of hydrogen-bond donors (Lipinski definition) is 1. The van der Waals surface area contributed by atoms with Gasteiger partial charge >= 0.3 is 0 Å². The van der Waals surface area contributed by atoms with Crippen molar-refractivity contribution in [3.05, 3.63) is 54.4 Å². The van der Waals surface area contributed by atoms with Gasteiger partial charge in [0.05, 0.1) is 12.6 Å². The number of likely N-dealkylation sites (tertiary alicyclic amines) is 1. The van der Waals surface area contributed by atoms with E-state index in [0.29, 0.717) is 24.3 Å². The quantitative estimate of drug-likeness (QED) is 0.801. The normalized spacial score (nSPS) is 19.0. The highest BCUT2D eigenvalue weighted by Crippen LogP contribution is 2.30. The Morgan fingerprint density at radius 2 is 2.13 bits per heavy atom. The second kappa shape index (κ2) is 6.34. The van der Waals surface area contributed by atoms with Crippen molar-refractivity contribution in [1.29, 1.82) is 0 Å². The zero-order valence-electron chi connectivity index (χ0n) is 12.9. The first-order valence-electron chi connectivity index (χ1n) is 8.01. The number of piperidine rings is 1. The first-order chi connectivity index (χ1) is 11.4. The van der Waals surface area contributed by atoms with Crippen molar-refractivity contribution in [3.63, 3.8) is 0 Å². The Labute approximate surface area is 134 Å². The van der Waals surface area contributed by atoms with Crippen molar-refractivity contribution < 1.29 is 4.52 Å². The van der Waals surface area contributed by atoms with E-state index < -0.39 is 0 Å². The summed E-state index contributed by atoms with van der Waals surface area (Å²) in [7, 11) is 0. The molecule has 0 bridgehead atoms. The Morgan fingerprint density at radius 1 is 1.22 bits per heavy atom. The topological polar surface area (TPSA) is 70.8 Å². The third kappa shape index (κ3) is 3.03. The summed E-state index contributed by atoms with van der Waals surface area (Å²) in [6.07, 6.45) is 7.20. The molecule has 3 aromatic rings. The molecular weight excluding hydrogens is 290 g/mol. The number of aromatic nitrogens is 4. The molecule has 0 amide bonds. The Kier molecular flexibility index (Phi) is 3.90. The van der Waals surface area contributed by atoms with Crippen LogP contribution in [0.3, 0.4) is 0 Å². The molecular formula is C17H19N5O. The van der Waals surface area contributed by atoms with Gasteiger partial charge in [-0.05, 0) is 19.4 Å². The first kappa shape index (κ1) is 14.1. The van der Waals surface area contributed by atoms with Gasteiger partial charge in [0.15, 0.2) is 0 Å². The molecule has 6 heteroatoms. The van der Waals surface area contributed by atoms with Crippen LogP contribution in [0.1, 0.15) is 37.0 Å². The Hall–Kier alpha value is -2.47. The summed E-state index contributed by atoms with van der Waals surface area (Å²) in [5, 5.41) is 4.10. The fraction of sp³-hybridized carbons (Fsp3) is 0.353. The average Bonchev–Trinajstić information content (AvgIpc) is 3.28. The number of rotatable bonds is 4. The summed E-state index contributed by atoms with van der Waals surface area (Å²) in [6.45, 7) is 1.68. The summed E-state index contributed by atoms with van der Waals surface area (Å²) in [6, 6.07) is 10.2. The van der Waals surface area contributed by atoms with Crippen LogP contribution in [0.5, 0.6) is 0 Å². The van der Waals surface area contributed by atoms with E-state index in [9.17, 15) is 0 Å². The fourth-order valence-electron chi connectivity index (χ4n) is 3.15. The molecule has 0 unspecified atom stereocenters. The summed E-state index contributed by atoms with van der Waals surface area (Å²) < 4.78 is 5.45. The zero-order chi connectivity index (χ0) is 15.5. The fourth-order valence-corrected chi connectivity index (χ4v) is 3.15. The second-order valence-corrected chi connectivity index (χ2v) is 5.83. The van der Waals surface area contributed by atoms with Crippen LogP contribution in [-0.2, 0) is 6.54 Å². The summed E-state index contributed by atoms with van der Waals surface area (Å²) in [5.41, 5.74) is 0.976. The number of H-pyrrole nitrogens is 1. The smallest absolute Gasteiger partial charge is 0.241 e. The maximum absolute atomic E-state index is 5.45. The van der Waals surface area contributed by atoms with Gasteiger partial charge in [0.1, 0.15) is 5.82 Å². The lowest BCUT2D eigenvalue weighted by Crippen LogP contribution is -2.33. The Balaban J connectivity index is 1.52. The van der Waals surface area contributed by atoms with E-state index in [-0.39, 0.29) is 0 Å². The molecule has 1 N–H and O–H groups in total. The summed E-state index contributed by atoms with van der Waals surface area (Å²) in [4.78, 5) is 14.6. The van der Waals surface area contributed by atoms with Crippen LogP contribution in [0.2, 0.25) is 0 Å². The van der Waals surface area contributed by atoms with Crippen molar-refractivity contribution in [2.45, 2.75) is 31.8 Å². The van der Waals surface area contributed by atoms with Crippen LogP contribution in [0.15, 0.2) is 47.2 Å². The van der Waals surface area contributed by atoms with Gasteiger partial charge in [-0.3, -0.25) is 4.90 Å². The van der Waals surface area contributed by atoms with Gasteiger partial charge in [0.25, 0.3) is 0 Å². The molecule has 1 fully saturated rings. The van der Waals surface area contributed by atoms with Gasteiger partial charge in [-0.2, -0.15) is 4.98 Å². The number of benzene rings is 1. The molecule has 0 radical (unpaired) electrons. The highest BCUT2D eigenvalue weighted by atomic mass is 16.5. The van der Waals surface area contributed by atoms with Crippen LogP contribution in [0.25, 0.3) is 11.4 Å². The highest BCUT2D eigenvalue weighted by molar-refractivity contribution is 5.53. The van der Waals surface area contributed by atoms with E-state index >= 15 is 0 Å². The molecule has 1 aliphatic rings. The molecule has 23 heavy (non-hydrogen) atoms. The standard InChI is InChI=1S/C17H19N5O/c1-2-6-13(7-3-1)16-20-15(23-21-16)12-22-11-5-4-8-14(22)17-18-9-10-19-17/h1-3,6-7,9-10,14H,4-5,8,11-12H2,(H,18,19)/t14-/m0/s1. The summed E-state index contributed by atoms with van der Waals surface area (Å²) in [5.74, 6) is 2.32. The Bertz CT molecular complexity index is 737. The molecule has 6 nitrogen and oxygen atoms in total. The van der Waals surface area contributed by atoms with E-state index in [0.717, 1.165) is 24.4 Å². The van der Waals surface area contributed by atoms with Crippen LogP contribution in [0, 0.1) is 0 Å². The molecule has 0 spiro atoms. The molecule has 2 aromatic heterocycles. The third-order valence-corrected chi connectivity index (χ3v) is 4.29. The molecule has 1 atom stereocenters. The summed E-state index contributed by atoms with van der Waals surface area (Å²) >= 11 is 0. The zero-order valence-corrected chi connectivity index (χ0v) is 12.9. The molecule has 3 heterocycles. The van der Waals surface area contributed by atoms with Crippen LogP contribution < -0.4 is 0 Å². The predicted molar refractivity (Wildman–Crippen MR) is 85.3 cm³/mol. The van der Waals surface area contributed by atoms with Crippen LogP contribution >= 0.6 is 0 Å². The third-order valence-electron chi connectivity index (χ3n) is 4.29. The first-order valence-corrected chi connectivity index (χ1v) is 8.01. The minimum absolute atomic E-state index is 0.297. The number of imidazole rings is 1. The molecule has 1 aliphatic heterocycles. The molecule has 1 saturated heterocycles. The lowest BCUT2D eigenvalue weighted by atomic mass is 10.0. The minimum Gasteiger partial charge on any atom is -0.347 e. The van der Waals surface area contributed by atoms with Gasteiger partial charge in [0, 0.05) is 18.0 Å². The maximum atomic E-state index is 5.45. The maximum Gasteiger partial charge on any atom is 0.241 e. The van der Waals surface area contributed by atoms with Gasteiger partial charge in [-0.25, -0.2) is 4.98 Å². The van der Waals surface area contributed by atoms with Gasteiger partial charge < -0.3 is 9.51 Å². The molecule has 4 rings (SSSR count). The molecule has 0 aliphatic carbocycles. The number of nitrogens with one attached hydrogen (secondary N) is 1. The highest BCUT2D eigenvalue weighted by Gasteiger charge is 2.27. The number of nitrogens with zero attached hydrogens (tertiary/aromatic N) is 4. The van der Waals surface area contributed by atoms with E-state index in [1.54, 1.807) is 0 Å². The van der Waals surface area contributed by atoms with Crippen molar-refractivity contribution in [3.8, 4) is 11.4 Å². The average molecular weight is 309 g/mol. The lowest BCUT2D eigenvalue weighted by molar-refractivity contribution is 0.118. The van der Waals surface area contributed by atoms with Crippen molar-refractivity contribution >= 4 is 0 Å². The van der Waals surface area contributed by atoms with Crippen molar-refractivity contribution in [2.24, 2.45) is 0 Å². The van der Waals surface area contributed by atoms with Gasteiger partial charge in [0.2, 0.25) is 11.7 Å². The van der Waals surface area contributed by atoms with E-state index in [1.165, 1.54) is 12.8 Å². The van der Waals surface area contributed by atoms with Crippen LogP contribution in [0.4, 0.5) is 0 Å². The lowest BCUT2D eigenvalue weighted by Gasteiger charge is -2.33. The predicted octanol–water partition coefficient (Wildman–Crippen LogP) is 3.19. The van der Waals surface area contributed by atoms with Crippen molar-refractivity contribution in [1.82, 2.24) is 25.0 Å². The molecule has 118 valence electrons. The van der Waals surface area contributed by atoms with E-state index in [4.69, 9.17) is 4.52 Å². The van der Waals surface area contributed by atoms with Gasteiger partial charge in [-0.15, -0.1) is 0 Å². The van der Waals surface area contributed by atoms with Crippen molar-refractivity contribution in [2.75, 3.05) is 6.54 Å². The van der Waals surface area contributed by atoms with E-state index in [2.05, 4.69) is 25.0 Å². The number of hydrogen-bond acceptors (Lipinski definition) is 5. The second-order valence-electron chi connectivity index (χ2n) is 5.83. The largest absolute Gasteiger partial charge is 0.347 e. The molecule has 0 saturated carbocycles. The van der Waals surface area contributed by atoms with Crippen LogP contribution in [-0.4, -0.2) is 31.6 Å². The SMILES string of the molecule is c1ccc(-c2noc(CN3CCCC[C@H]3c3ncc[nH]3)n2)cc1. The number of aromatic amines is 1. The van der Waals surface area contributed by atoms with E-state index in [1.807, 2.05) is 42.7 Å². The molecule has 1 aromatic carbocycles. The minimum atomic E-state index is 0.297.